The van der Waals surface area contributed by atoms with Crippen LogP contribution in [-0.2, 0) is 4.79 Å². The number of hydrogen-bond acceptors (Lipinski definition) is 3. The Labute approximate surface area is 143 Å². The quantitative estimate of drug-likeness (QED) is 0.561. The van der Waals surface area contributed by atoms with Crippen molar-refractivity contribution in [2.75, 3.05) is 4.90 Å². The summed E-state index contributed by atoms with van der Waals surface area (Å²) < 4.78 is 0.539. The summed E-state index contributed by atoms with van der Waals surface area (Å²) in [5.41, 5.74) is 2.65. The summed E-state index contributed by atoms with van der Waals surface area (Å²) >= 11 is 12.8. The molecule has 110 valence electrons. The van der Waals surface area contributed by atoms with Gasteiger partial charge in [-0.2, -0.15) is 0 Å². The molecule has 0 spiro atoms. The predicted octanol–water partition coefficient (Wildman–Crippen LogP) is 5.05. The van der Waals surface area contributed by atoms with Crippen LogP contribution in [0.15, 0.2) is 53.4 Å². The zero-order valence-electron chi connectivity index (χ0n) is 11.7. The van der Waals surface area contributed by atoms with Crippen LogP contribution in [-0.4, -0.2) is 10.2 Å². The highest BCUT2D eigenvalue weighted by Crippen LogP contribution is 2.37. The largest absolute Gasteiger partial charge is 0.270 e. The molecular formula is C17H12ClNOS2. The molecule has 1 aliphatic heterocycles. The molecule has 22 heavy (non-hydrogen) atoms. The minimum atomic E-state index is -0.107. The van der Waals surface area contributed by atoms with Gasteiger partial charge in [0.05, 0.1) is 10.6 Å². The number of thiocarbonyl (C=S) groups is 1. The number of anilines is 1. The van der Waals surface area contributed by atoms with E-state index in [-0.39, 0.29) is 5.91 Å². The fourth-order valence-corrected chi connectivity index (χ4v) is 3.69. The van der Waals surface area contributed by atoms with Crippen molar-refractivity contribution in [2.24, 2.45) is 0 Å². The molecule has 2 aromatic rings. The minimum absolute atomic E-state index is 0.107. The number of rotatable bonds is 2. The molecule has 2 aromatic carbocycles. The van der Waals surface area contributed by atoms with Gasteiger partial charge in [-0.05, 0) is 36.3 Å². The van der Waals surface area contributed by atoms with Crippen LogP contribution in [0.3, 0.4) is 0 Å². The van der Waals surface area contributed by atoms with Crippen LogP contribution < -0.4 is 4.90 Å². The van der Waals surface area contributed by atoms with Gasteiger partial charge >= 0.3 is 0 Å². The standard InChI is InChI=1S/C17H12ClNOS2/c1-11-6-2-5-9-14(11)19-16(20)15(22-17(19)21)10-12-7-3-4-8-13(12)18/h2-10H,1H3/b15-10-. The van der Waals surface area contributed by atoms with Gasteiger partial charge in [0.15, 0.2) is 4.32 Å². The lowest BCUT2D eigenvalue weighted by Gasteiger charge is -2.16. The molecule has 0 saturated carbocycles. The first-order valence-electron chi connectivity index (χ1n) is 6.66. The fourth-order valence-electron chi connectivity index (χ4n) is 2.22. The second-order valence-corrected chi connectivity index (χ2v) is 6.91. The van der Waals surface area contributed by atoms with Crippen molar-refractivity contribution in [3.63, 3.8) is 0 Å². The van der Waals surface area contributed by atoms with Crippen molar-refractivity contribution >= 4 is 57.6 Å². The molecule has 0 aliphatic carbocycles. The lowest BCUT2D eigenvalue weighted by Crippen LogP contribution is -2.28. The summed E-state index contributed by atoms with van der Waals surface area (Å²) in [5, 5.41) is 0.615. The minimum Gasteiger partial charge on any atom is -0.268 e. The SMILES string of the molecule is Cc1ccccc1N1C(=O)/C(=C/c2ccccc2Cl)SC1=S. The monoisotopic (exact) mass is 345 g/mol. The zero-order valence-corrected chi connectivity index (χ0v) is 14.1. The maximum Gasteiger partial charge on any atom is 0.270 e. The van der Waals surface area contributed by atoms with E-state index in [2.05, 4.69) is 0 Å². The molecule has 0 bridgehead atoms. The van der Waals surface area contributed by atoms with Crippen LogP contribution >= 0.6 is 35.6 Å². The smallest absolute Gasteiger partial charge is 0.268 e. The molecule has 0 radical (unpaired) electrons. The number of carbonyl (C=O) groups is 1. The van der Waals surface area contributed by atoms with Crippen LogP contribution in [0.2, 0.25) is 5.02 Å². The van der Waals surface area contributed by atoms with Crippen molar-refractivity contribution < 1.29 is 4.79 Å². The zero-order chi connectivity index (χ0) is 15.7. The highest BCUT2D eigenvalue weighted by molar-refractivity contribution is 8.27. The van der Waals surface area contributed by atoms with Gasteiger partial charge < -0.3 is 0 Å². The van der Waals surface area contributed by atoms with Crippen LogP contribution in [0.5, 0.6) is 0 Å². The number of thioether (sulfide) groups is 1. The van der Waals surface area contributed by atoms with E-state index < -0.39 is 0 Å². The van der Waals surface area contributed by atoms with Crippen molar-refractivity contribution in [3.05, 3.63) is 69.6 Å². The first kappa shape index (κ1) is 15.3. The highest BCUT2D eigenvalue weighted by Gasteiger charge is 2.33. The van der Waals surface area contributed by atoms with Gasteiger partial charge in [0.2, 0.25) is 0 Å². The normalized spacial score (nSPS) is 16.6. The van der Waals surface area contributed by atoms with Gasteiger partial charge in [-0.15, -0.1) is 0 Å². The average molecular weight is 346 g/mol. The predicted molar refractivity (Wildman–Crippen MR) is 98.3 cm³/mol. The number of carbonyl (C=O) groups excluding carboxylic acids is 1. The van der Waals surface area contributed by atoms with Gasteiger partial charge in [0.25, 0.3) is 5.91 Å². The number of halogens is 1. The Balaban J connectivity index is 1.99. The Morgan fingerprint density at radius 2 is 1.82 bits per heavy atom. The number of amides is 1. The summed E-state index contributed by atoms with van der Waals surface area (Å²) in [7, 11) is 0. The summed E-state index contributed by atoms with van der Waals surface area (Å²) in [5.74, 6) is -0.107. The second-order valence-electron chi connectivity index (χ2n) is 4.83. The summed E-state index contributed by atoms with van der Waals surface area (Å²) in [4.78, 5) is 14.9. The molecule has 1 heterocycles. The Morgan fingerprint density at radius 3 is 2.55 bits per heavy atom. The molecule has 0 unspecified atom stereocenters. The van der Waals surface area contributed by atoms with E-state index in [4.69, 9.17) is 23.8 Å². The molecule has 0 atom stereocenters. The average Bonchev–Trinajstić information content (AvgIpc) is 2.77. The topological polar surface area (TPSA) is 20.3 Å². The Morgan fingerprint density at radius 1 is 1.14 bits per heavy atom. The maximum absolute atomic E-state index is 12.7. The first-order valence-corrected chi connectivity index (χ1v) is 8.26. The van der Waals surface area contributed by atoms with E-state index in [9.17, 15) is 4.79 Å². The molecule has 1 aliphatic rings. The van der Waals surface area contributed by atoms with Crippen molar-refractivity contribution in [1.29, 1.82) is 0 Å². The number of benzene rings is 2. The van der Waals surface area contributed by atoms with Gasteiger partial charge in [-0.3, -0.25) is 9.69 Å². The lowest BCUT2D eigenvalue weighted by molar-refractivity contribution is -0.113. The fraction of sp³-hybridized carbons (Fsp3) is 0.0588. The Kier molecular flexibility index (Phi) is 4.34. The molecular weight excluding hydrogens is 334 g/mol. The molecule has 1 amide bonds. The molecule has 5 heteroatoms. The maximum atomic E-state index is 12.7. The third kappa shape index (κ3) is 2.82. The van der Waals surface area contributed by atoms with Crippen molar-refractivity contribution in [1.82, 2.24) is 0 Å². The number of para-hydroxylation sites is 1. The van der Waals surface area contributed by atoms with Gasteiger partial charge in [0.1, 0.15) is 0 Å². The molecule has 1 saturated heterocycles. The van der Waals surface area contributed by atoms with Crippen LogP contribution in [0.1, 0.15) is 11.1 Å². The summed E-state index contributed by atoms with van der Waals surface area (Å²) in [6.07, 6.45) is 1.79. The van der Waals surface area contributed by atoms with Crippen LogP contribution in [0.25, 0.3) is 6.08 Å². The van der Waals surface area contributed by atoms with Gasteiger partial charge in [0, 0.05) is 5.02 Å². The van der Waals surface area contributed by atoms with E-state index in [0.717, 1.165) is 16.8 Å². The van der Waals surface area contributed by atoms with Crippen LogP contribution in [0.4, 0.5) is 5.69 Å². The number of nitrogens with zero attached hydrogens (tertiary/aromatic N) is 1. The molecule has 0 aromatic heterocycles. The van der Waals surface area contributed by atoms with Crippen molar-refractivity contribution in [3.8, 4) is 0 Å². The highest BCUT2D eigenvalue weighted by atomic mass is 35.5. The molecule has 2 nitrogen and oxygen atoms in total. The van der Waals surface area contributed by atoms with E-state index in [1.165, 1.54) is 11.8 Å². The van der Waals surface area contributed by atoms with Crippen molar-refractivity contribution in [2.45, 2.75) is 6.92 Å². The molecule has 0 N–H and O–H groups in total. The second kappa shape index (κ2) is 6.24. The first-order chi connectivity index (χ1) is 10.6. The third-order valence-electron chi connectivity index (χ3n) is 3.34. The van der Waals surface area contributed by atoms with Gasteiger partial charge in [-0.25, -0.2) is 0 Å². The molecule has 1 fully saturated rings. The summed E-state index contributed by atoms with van der Waals surface area (Å²) in [6, 6.07) is 15.1. The number of aryl methyl sites for hydroxylation is 1. The third-order valence-corrected chi connectivity index (χ3v) is 4.99. The summed E-state index contributed by atoms with van der Waals surface area (Å²) in [6.45, 7) is 1.96. The lowest BCUT2D eigenvalue weighted by atomic mass is 10.1. The number of hydrogen-bond donors (Lipinski definition) is 0. The van der Waals surface area contributed by atoms with E-state index in [0.29, 0.717) is 14.2 Å². The van der Waals surface area contributed by atoms with E-state index in [1.54, 1.807) is 17.0 Å². The van der Waals surface area contributed by atoms with Gasteiger partial charge in [-0.1, -0.05) is 72.0 Å². The Bertz CT molecular complexity index is 801. The van der Waals surface area contributed by atoms with E-state index >= 15 is 0 Å². The Hall–Kier alpha value is -1.62. The van der Waals surface area contributed by atoms with E-state index in [1.807, 2.05) is 49.4 Å². The van der Waals surface area contributed by atoms with Crippen LogP contribution in [0, 0.1) is 6.92 Å². The molecule has 3 rings (SSSR count).